The first-order chi connectivity index (χ1) is 29.0. The first-order valence-corrected chi connectivity index (χ1v) is 21.5. The number of ether oxygens (including phenoxy) is 6. The number of aliphatic hydroxyl groups is 3. The molecule has 3 aliphatic carbocycles. The average Bonchev–Trinajstić information content (AvgIpc) is 3.22. The van der Waals surface area contributed by atoms with E-state index in [1.165, 1.54) is 21.0 Å². The van der Waals surface area contributed by atoms with Crippen molar-refractivity contribution >= 4 is 45.5 Å². The number of carbonyl (C=O) groups is 5. The van der Waals surface area contributed by atoms with Crippen LogP contribution in [0.3, 0.4) is 0 Å². The molecule has 2 saturated carbocycles. The summed E-state index contributed by atoms with van der Waals surface area (Å²) in [6.45, 7) is 11.7. The summed E-state index contributed by atoms with van der Waals surface area (Å²) in [7, 11) is 1.44. The molecule has 0 spiro atoms. The van der Waals surface area contributed by atoms with Crippen molar-refractivity contribution in [1.29, 1.82) is 0 Å². The molecule has 1 aliphatic heterocycles. The fraction of sp³-hybridized carbons (Fsp3) is 0.587. The number of alkyl halides is 1. The Hall–Kier alpha value is -4.03. The number of benzene rings is 2. The SMILES string of the molecule is CO[C@H](C)[C@@](C)(Br)C(=O)N[C@@H](c1ccccc1)[C@@H](O)C(=O)O[C@H]1C[C@@]2(O)[C@@H](OCc3ccccc3)[C@H]3[C@](C)(C(=O)[C@H](OC(C)=O)C(=C1C)C2(C)C)[C@@H](O)CC1OC[C@]13OC(C)=O. The van der Waals surface area contributed by atoms with Crippen molar-refractivity contribution in [2.75, 3.05) is 13.7 Å². The van der Waals surface area contributed by atoms with Crippen molar-refractivity contribution in [1.82, 2.24) is 5.32 Å². The molecule has 4 aliphatic rings. The van der Waals surface area contributed by atoms with Gasteiger partial charge in [-0.3, -0.25) is 19.2 Å². The van der Waals surface area contributed by atoms with Crippen molar-refractivity contribution < 1.29 is 67.7 Å². The van der Waals surface area contributed by atoms with Gasteiger partial charge >= 0.3 is 17.9 Å². The predicted octanol–water partition coefficient (Wildman–Crippen LogP) is 3.97. The predicted molar refractivity (Wildman–Crippen MR) is 225 cm³/mol. The highest BCUT2D eigenvalue weighted by Gasteiger charge is 2.77. The van der Waals surface area contributed by atoms with Gasteiger partial charge in [0.1, 0.15) is 22.1 Å². The number of rotatable bonds is 13. The van der Waals surface area contributed by atoms with Gasteiger partial charge in [-0.1, -0.05) is 90.4 Å². The second-order valence-corrected chi connectivity index (χ2v) is 19.6. The van der Waals surface area contributed by atoms with Gasteiger partial charge in [0.2, 0.25) is 5.91 Å². The zero-order chi connectivity index (χ0) is 45.7. The van der Waals surface area contributed by atoms with Crippen molar-refractivity contribution in [3.05, 3.63) is 82.9 Å². The number of nitrogens with one attached hydrogen (secondary N) is 1. The lowest BCUT2D eigenvalue weighted by molar-refractivity contribution is -0.351. The van der Waals surface area contributed by atoms with Gasteiger partial charge in [0.25, 0.3) is 0 Å². The van der Waals surface area contributed by atoms with Gasteiger partial charge in [0.15, 0.2) is 23.6 Å². The molecule has 0 radical (unpaired) electrons. The molecular weight excluding hydrogens is 870 g/mol. The number of amides is 1. The maximum absolute atomic E-state index is 15.5. The maximum Gasteiger partial charge on any atom is 0.338 e. The number of ketones is 1. The van der Waals surface area contributed by atoms with Gasteiger partial charge in [0.05, 0.1) is 43.0 Å². The first kappa shape index (κ1) is 47.4. The maximum atomic E-state index is 15.5. The van der Waals surface area contributed by atoms with Gasteiger partial charge in [-0.25, -0.2) is 4.79 Å². The fourth-order valence-corrected chi connectivity index (χ4v) is 10.4. The molecule has 6 rings (SSSR count). The van der Waals surface area contributed by atoms with E-state index < -0.39 is 117 Å². The molecule has 2 aromatic rings. The molecule has 2 bridgehead atoms. The summed E-state index contributed by atoms with van der Waals surface area (Å²) in [5, 5.41) is 40.4. The Balaban J connectivity index is 1.51. The van der Waals surface area contributed by atoms with Crippen LogP contribution in [0, 0.1) is 16.7 Å². The van der Waals surface area contributed by atoms with Crippen molar-refractivity contribution in [3.8, 4) is 0 Å². The summed E-state index contributed by atoms with van der Waals surface area (Å²) in [6, 6.07) is 16.1. The van der Waals surface area contributed by atoms with Crippen molar-refractivity contribution in [2.24, 2.45) is 16.7 Å². The number of hydrogen-bond donors (Lipinski definition) is 4. The molecule has 3 fully saturated rings. The Morgan fingerprint density at radius 1 is 1.00 bits per heavy atom. The molecule has 1 amide bonds. The van der Waals surface area contributed by atoms with Crippen molar-refractivity contribution in [3.63, 3.8) is 0 Å². The minimum Gasteiger partial charge on any atom is -0.456 e. The topological polar surface area (TPSA) is 213 Å². The Morgan fingerprint density at radius 3 is 2.16 bits per heavy atom. The summed E-state index contributed by atoms with van der Waals surface area (Å²) in [6.07, 6.45) is -10.1. The molecule has 1 saturated heterocycles. The molecular formula is C46H58BrNO14. The number of methoxy groups -OCH3 is 1. The highest BCUT2D eigenvalue weighted by atomic mass is 79.9. The molecule has 13 atom stereocenters. The summed E-state index contributed by atoms with van der Waals surface area (Å²) in [5.74, 6) is -5.40. The molecule has 2 aromatic carbocycles. The van der Waals surface area contributed by atoms with Crippen LogP contribution >= 0.6 is 15.9 Å². The van der Waals surface area contributed by atoms with E-state index >= 15 is 4.79 Å². The third-order valence-corrected chi connectivity index (χ3v) is 15.0. The van der Waals surface area contributed by atoms with Crippen LogP contribution in [0.15, 0.2) is 71.8 Å². The lowest BCUT2D eigenvalue weighted by atomic mass is 9.44. The molecule has 1 unspecified atom stereocenters. The smallest absolute Gasteiger partial charge is 0.338 e. The first-order valence-electron chi connectivity index (χ1n) is 20.7. The number of Topliss-reactive ketones (excluding diaryl/α,β-unsaturated/α-hetero) is 1. The van der Waals surface area contributed by atoms with Gasteiger partial charge in [-0.15, -0.1) is 0 Å². The van der Waals surface area contributed by atoms with E-state index in [9.17, 15) is 34.5 Å². The summed E-state index contributed by atoms with van der Waals surface area (Å²) in [5.41, 5.74) is -5.76. The molecule has 16 heteroatoms. The van der Waals surface area contributed by atoms with Crippen LogP contribution < -0.4 is 5.32 Å². The molecule has 4 N–H and O–H groups in total. The zero-order valence-corrected chi connectivity index (χ0v) is 38.1. The Kier molecular flexibility index (Phi) is 13.4. The third kappa shape index (κ3) is 7.94. The normalized spacial score (nSPS) is 33.7. The van der Waals surface area contributed by atoms with Gasteiger partial charge < -0.3 is 49.1 Å². The Labute approximate surface area is 369 Å². The number of halogens is 1. The van der Waals surface area contributed by atoms with E-state index in [0.717, 1.165) is 6.92 Å². The van der Waals surface area contributed by atoms with E-state index in [1.807, 2.05) is 18.2 Å². The van der Waals surface area contributed by atoms with Gasteiger partial charge in [0, 0.05) is 45.1 Å². The number of hydrogen-bond acceptors (Lipinski definition) is 14. The highest BCUT2D eigenvalue weighted by Crippen LogP contribution is 2.64. The van der Waals surface area contributed by atoms with Crippen LogP contribution in [0.5, 0.6) is 0 Å². The van der Waals surface area contributed by atoms with Crippen molar-refractivity contribution in [2.45, 2.75) is 139 Å². The molecule has 0 aromatic heterocycles. The molecule has 15 nitrogen and oxygen atoms in total. The van der Waals surface area contributed by atoms with Crippen LogP contribution in [-0.2, 0) is 59.0 Å². The van der Waals surface area contributed by atoms with Gasteiger partial charge in [-0.05, 0) is 50.0 Å². The lowest BCUT2D eigenvalue weighted by Crippen LogP contribution is -2.81. The molecule has 62 heavy (non-hydrogen) atoms. The summed E-state index contributed by atoms with van der Waals surface area (Å²) < 4.78 is 35.1. The average molecular weight is 929 g/mol. The van der Waals surface area contributed by atoms with E-state index in [4.69, 9.17) is 28.4 Å². The fourth-order valence-electron chi connectivity index (χ4n) is 10.1. The Morgan fingerprint density at radius 2 is 1.61 bits per heavy atom. The van der Waals surface area contributed by atoms with E-state index in [1.54, 1.807) is 77.1 Å². The van der Waals surface area contributed by atoms with Crippen LogP contribution in [0.4, 0.5) is 0 Å². The second kappa shape index (κ2) is 17.5. The van der Waals surface area contributed by atoms with Crippen LogP contribution in [0.1, 0.15) is 85.4 Å². The summed E-state index contributed by atoms with van der Waals surface area (Å²) >= 11 is 3.43. The quantitative estimate of drug-likeness (QED) is 0.0970. The van der Waals surface area contributed by atoms with Crippen LogP contribution in [-0.4, -0.2) is 117 Å². The largest absolute Gasteiger partial charge is 0.456 e. The van der Waals surface area contributed by atoms with E-state index in [0.29, 0.717) is 11.1 Å². The monoisotopic (exact) mass is 927 g/mol. The number of aliphatic hydroxyl groups excluding tert-OH is 2. The molecule has 1 heterocycles. The van der Waals surface area contributed by atoms with E-state index in [-0.39, 0.29) is 30.8 Å². The summed E-state index contributed by atoms with van der Waals surface area (Å²) in [4.78, 5) is 69.6. The Bertz CT molecular complexity index is 2080. The highest BCUT2D eigenvalue weighted by molar-refractivity contribution is 9.10. The van der Waals surface area contributed by atoms with Crippen LogP contribution in [0.25, 0.3) is 0 Å². The third-order valence-electron chi connectivity index (χ3n) is 14.0. The standard InChI is InChI=1S/C46H58BrNO14/c1-24-30(61-40(54)35(52)34(29-18-14-11-15-19-29)48-41(55)44(8,47)25(2)57-9)21-46(56)39(58-22-28-16-12-10-13-17-28)37-43(7,31(51)20-32-45(37,23-59-32)62-27(4)50)38(53)36(60-26(3)49)33(24)42(46,5)6/h10-19,25,30-32,34-37,39,51-52,56H,20-23H2,1-9H3,(H,48,55)/t25-,30+,31+,32?,34+,35-,36-,37+,39+,43-,44-,45+,46-/m1/s1. The number of esters is 3. The minimum atomic E-state index is -2.16. The van der Waals surface area contributed by atoms with E-state index in [2.05, 4.69) is 21.2 Å². The lowest BCUT2D eigenvalue weighted by Gasteiger charge is -2.67. The minimum absolute atomic E-state index is 0.101. The van der Waals surface area contributed by atoms with Crippen LogP contribution in [0.2, 0.25) is 0 Å². The second-order valence-electron chi connectivity index (χ2n) is 18.0. The molecule has 338 valence electrons. The van der Waals surface area contributed by atoms with Gasteiger partial charge in [-0.2, -0.15) is 0 Å². The zero-order valence-electron chi connectivity index (χ0n) is 36.5. The number of fused-ring (bicyclic) bond motifs is 5. The number of carbonyl (C=O) groups excluding carboxylic acids is 5.